The minimum absolute atomic E-state index is 0.0938. The molecule has 4 rings (SSSR count). The number of H-pyrrole nitrogens is 1. The highest BCUT2D eigenvalue weighted by atomic mass is 19.1. The third-order valence-electron chi connectivity index (χ3n) is 5.75. The molecule has 0 radical (unpaired) electrons. The van der Waals surface area contributed by atoms with Crippen LogP contribution in [0.15, 0.2) is 54.6 Å². The first kappa shape index (κ1) is 20.4. The molecule has 0 spiro atoms. The van der Waals surface area contributed by atoms with Gasteiger partial charge in [0.1, 0.15) is 5.67 Å². The van der Waals surface area contributed by atoms with E-state index in [1.807, 2.05) is 30.3 Å². The fraction of sp³-hybridized carbons (Fsp3) is 0.320. The van der Waals surface area contributed by atoms with Gasteiger partial charge >= 0.3 is 5.97 Å². The SMILES string of the molecule is C[C@@H]1Cc2c([nH]c3ccccc23)C(c2ccc(/C=C/C(=O)O)cc2)N1CC(C)(C)F. The molecule has 2 aromatic carbocycles. The number of carbonyl (C=O) groups is 1. The smallest absolute Gasteiger partial charge is 0.328 e. The second-order valence-electron chi connectivity index (χ2n) is 8.75. The van der Waals surface area contributed by atoms with Gasteiger partial charge in [-0.3, -0.25) is 4.90 Å². The Hall–Kier alpha value is -2.92. The van der Waals surface area contributed by atoms with Crippen molar-refractivity contribution in [2.75, 3.05) is 6.54 Å². The van der Waals surface area contributed by atoms with E-state index in [1.165, 1.54) is 10.9 Å². The summed E-state index contributed by atoms with van der Waals surface area (Å²) in [6, 6.07) is 16.2. The number of hydrogen-bond donors (Lipinski definition) is 2. The summed E-state index contributed by atoms with van der Waals surface area (Å²) >= 11 is 0. The molecule has 0 amide bonds. The number of carboxylic acid groups (broad SMARTS) is 1. The van der Waals surface area contributed by atoms with Gasteiger partial charge in [0.25, 0.3) is 0 Å². The molecule has 3 aromatic rings. The number of aromatic nitrogens is 1. The maximum Gasteiger partial charge on any atom is 0.328 e. The Morgan fingerprint density at radius 2 is 1.93 bits per heavy atom. The molecule has 30 heavy (non-hydrogen) atoms. The third kappa shape index (κ3) is 4.03. The van der Waals surface area contributed by atoms with Gasteiger partial charge in [0.05, 0.1) is 6.04 Å². The predicted molar refractivity (Wildman–Crippen MR) is 118 cm³/mol. The van der Waals surface area contributed by atoms with Gasteiger partial charge in [-0.05, 0) is 56.0 Å². The first-order valence-corrected chi connectivity index (χ1v) is 10.3. The first-order valence-electron chi connectivity index (χ1n) is 10.3. The number of hydrogen-bond acceptors (Lipinski definition) is 2. The number of halogens is 1. The fourth-order valence-corrected chi connectivity index (χ4v) is 4.50. The van der Waals surface area contributed by atoms with Crippen molar-refractivity contribution in [3.8, 4) is 0 Å². The van der Waals surface area contributed by atoms with E-state index >= 15 is 0 Å². The number of fused-ring (bicyclic) bond motifs is 3. The van der Waals surface area contributed by atoms with E-state index in [4.69, 9.17) is 5.11 Å². The van der Waals surface area contributed by atoms with Crippen molar-refractivity contribution >= 4 is 22.9 Å². The summed E-state index contributed by atoms with van der Waals surface area (Å²) in [5.41, 5.74) is 4.07. The van der Waals surface area contributed by atoms with E-state index in [0.717, 1.165) is 34.8 Å². The zero-order chi connectivity index (χ0) is 21.5. The lowest BCUT2D eigenvalue weighted by molar-refractivity contribution is -0.131. The highest BCUT2D eigenvalue weighted by molar-refractivity contribution is 5.86. The van der Waals surface area contributed by atoms with Crippen molar-refractivity contribution in [3.63, 3.8) is 0 Å². The second kappa shape index (κ2) is 7.73. The first-order chi connectivity index (χ1) is 14.2. The van der Waals surface area contributed by atoms with Crippen molar-refractivity contribution in [1.29, 1.82) is 0 Å². The second-order valence-corrected chi connectivity index (χ2v) is 8.75. The number of benzene rings is 2. The van der Waals surface area contributed by atoms with Gasteiger partial charge < -0.3 is 10.1 Å². The van der Waals surface area contributed by atoms with Gasteiger partial charge in [0.15, 0.2) is 0 Å². The number of carboxylic acids is 1. The Labute approximate surface area is 176 Å². The van der Waals surface area contributed by atoms with E-state index in [9.17, 15) is 9.18 Å². The molecule has 2 N–H and O–H groups in total. The summed E-state index contributed by atoms with van der Waals surface area (Å²) in [7, 11) is 0. The lowest BCUT2D eigenvalue weighted by Crippen LogP contribution is -2.47. The Kier molecular flexibility index (Phi) is 5.24. The van der Waals surface area contributed by atoms with Crippen LogP contribution in [0.5, 0.6) is 0 Å². The maximum atomic E-state index is 14.7. The Morgan fingerprint density at radius 3 is 2.60 bits per heavy atom. The molecule has 2 atom stereocenters. The molecule has 156 valence electrons. The zero-order valence-electron chi connectivity index (χ0n) is 17.5. The minimum atomic E-state index is -1.32. The molecule has 0 aliphatic carbocycles. The number of nitrogens with zero attached hydrogens (tertiary/aromatic N) is 1. The Balaban J connectivity index is 1.81. The summed E-state index contributed by atoms with van der Waals surface area (Å²) in [6.45, 7) is 5.73. The highest BCUT2D eigenvalue weighted by Crippen LogP contribution is 2.41. The monoisotopic (exact) mass is 406 g/mol. The Morgan fingerprint density at radius 1 is 1.23 bits per heavy atom. The van der Waals surface area contributed by atoms with Crippen LogP contribution in [0.3, 0.4) is 0 Å². The number of para-hydroxylation sites is 1. The molecule has 0 bridgehead atoms. The minimum Gasteiger partial charge on any atom is -0.478 e. The standard InChI is InChI=1S/C25H27FN2O2/c1-16-14-20-19-6-4-5-7-21(19)27-23(20)24(28(16)15-25(2,3)26)18-11-8-17(9-12-18)10-13-22(29)30/h4-13,16,24,27H,14-15H2,1-3H3,(H,29,30)/b13-10+/t16-,24?/m1/s1. The maximum absolute atomic E-state index is 14.7. The lowest BCUT2D eigenvalue weighted by Gasteiger charge is -2.43. The molecule has 5 heteroatoms. The molecule has 1 aliphatic rings. The molecular weight excluding hydrogens is 379 g/mol. The van der Waals surface area contributed by atoms with Crippen molar-refractivity contribution in [1.82, 2.24) is 9.88 Å². The van der Waals surface area contributed by atoms with Crippen molar-refractivity contribution in [2.45, 2.75) is 44.9 Å². The number of nitrogens with one attached hydrogen (secondary N) is 1. The number of alkyl halides is 1. The van der Waals surface area contributed by atoms with Crippen LogP contribution in [0.2, 0.25) is 0 Å². The molecule has 1 aliphatic heterocycles. The molecule has 0 saturated carbocycles. The predicted octanol–water partition coefficient (Wildman–Crippen LogP) is 5.35. The van der Waals surface area contributed by atoms with Crippen molar-refractivity contribution in [2.24, 2.45) is 0 Å². The van der Waals surface area contributed by atoms with E-state index in [-0.39, 0.29) is 12.1 Å². The van der Waals surface area contributed by atoms with Crippen molar-refractivity contribution < 1.29 is 14.3 Å². The van der Waals surface area contributed by atoms with Crippen LogP contribution in [-0.4, -0.2) is 39.2 Å². The molecule has 1 unspecified atom stereocenters. The van der Waals surface area contributed by atoms with E-state index < -0.39 is 11.6 Å². The topological polar surface area (TPSA) is 56.3 Å². The van der Waals surface area contributed by atoms with Crippen LogP contribution in [0.25, 0.3) is 17.0 Å². The van der Waals surface area contributed by atoms with Gasteiger partial charge in [-0.15, -0.1) is 0 Å². The summed E-state index contributed by atoms with van der Waals surface area (Å²) in [6.07, 6.45) is 3.57. The zero-order valence-corrected chi connectivity index (χ0v) is 17.5. The van der Waals surface area contributed by atoms with Crippen LogP contribution in [0, 0.1) is 0 Å². The van der Waals surface area contributed by atoms with Gasteiger partial charge in [-0.1, -0.05) is 42.5 Å². The summed E-state index contributed by atoms with van der Waals surface area (Å²) in [5, 5.41) is 10.1. The molecule has 0 saturated heterocycles. The average Bonchev–Trinajstić information content (AvgIpc) is 3.04. The molecule has 4 nitrogen and oxygen atoms in total. The van der Waals surface area contributed by atoms with Crippen LogP contribution in [-0.2, 0) is 11.2 Å². The third-order valence-corrected chi connectivity index (χ3v) is 5.75. The van der Waals surface area contributed by atoms with Gasteiger partial charge in [0, 0.05) is 35.3 Å². The molecule has 1 aromatic heterocycles. The van der Waals surface area contributed by atoms with Crippen molar-refractivity contribution in [3.05, 3.63) is 77.0 Å². The van der Waals surface area contributed by atoms with E-state index in [1.54, 1.807) is 19.9 Å². The fourth-order valence-electron chi connectivity index (χ4n) is 4.50. The van der Waals surface area contributed by atoms with Crippen LogP contribution >= 0.6 is 0 Å². The number of rotatable bonds is 5. The van der Waals surface area contributed by atoms with E-state index in [2.05, 4.69) is 35.0 Å². The van der Waals surface area contributed by atoms with Crippen LogP contribution in [0.1, 0.15) is 49.2 Å². The summed E-state index contributed by atoms with van der Waals surface area (Å²) in [5.74, 6) is -0.973. The quantitative estimate of drug-likeness (QED) is 0.562. The molecule has 2 heterocycles. The van der Waals surface area contributed by atoms with E-state index in [0.29, 0.717) is 6.54 Å². The van der Waals surface area contributed by atoms with Gasteiger partial charge in [-0.2, -0.15) is 0 Å². The highest BCUT2D eigenvalue weighted by Gasteiger charge is 2.38. The van der Waals surface area contributed by atoms with Gasteiger partial charge in [-0.25, -0.2) is 9.18 Å². The number of aromatic amines is 1. The molecule has 0 fully saturated rings. The Bertz CT molecular complexity index is 1090. The molecular formula is C25H27FN2O2. The van der Waals surface area contributed by atoms with Crippen LogP contribution < -0.4 is 0 Å². The normalized spacial score (nSPS) is 20.0. The lowest BCUT2D eigenvalue weighted by atomic mass is 9.87. The summed E-state index contributed by atoms with van der Waals surface area (Å²) in [4.78, 5) is 16.6. The van der Waals surface area contributed by atoms with Crippen LogP contribution in [0.4, 0.5) is 4.39 Å². The number of aliphatic carboxylic acids is 1. The average molecular weight is 407 g/mol. The van der Waals surface area contributed by atoms with Gasteiger partial charge in [0.2, 0.25) is 0 Å². The summed E-state index contributed by atoms with van der Waals surface area (Å²) < 4.78 is 14.7. The largest absolute Gasteiger partial charge is 0.478 e.